The Bertz CT molecular complexity index is 686. The predicted molar refractivity (Wildman–Crippen MR) is 69.0 cm³/mol. The maximum Gasteiger partial charge on any atom is 0.354 e. The Morgan fingerprint density at radius 1 is 1.47 bits per heavy atom. The van der Waals surface area contributed by atoms with Gasteiger partial charge >= 0.3 is 5.97 Å². The van der Waals surface area contributed by atoms with Crippen LogP contribution in [0.5, 0.6) is 5.75 Å². The van der Waals surface area contributed by atoms with Crippen LogP contribution in [0.3, 0.4) is 0 Å². The minimum atomic E-state index is -1.19. The second-order valence-electron chi connectivity index (χ2n) is 3.68. The van der Waals surface area contributed by atoms with E-state index in [2.05, 4.69) is 0 Å². The van der Waals surface area contributed by atoms with Crippen molar-refractivity contribution in [2.75, 3.05) is 7.11 Å². The quantitative estimate of drug-likeness (QED) is 0.935. The van der Waals surface area contributed by atoms with Crippen molar-refractivity contribution in [1.29, 1.82) is 5.26 Å². The van der Waals surface area contributed by atoms with Gasteiger partial charge in [-0.25, -0.2) is 4.79 Å². The second kappa shape index (κ2) is 5.04. The lowest BCUT2D eigenvalue weighted by atomic mass is 10.2. The highest BCUT2D eigenvalue weighted by Gasteiger charge is 2.19. The smallest absolute Gasteiger partial charge is 0.354 e. The Labute approximate surface area is 114 Å². The molecule has 6 heteroatoms. The number of carbonyl (C=O) groups is 1. The first kappa shape index (κ1) is 13.0. The van der Waals surface area contributed by atoms with Gasteiger partial charge in [0.2, 0.25) is 0 Å². The van der Waals surface area contributed by atoms with Gasteiger partial charge < -0.3 is 14.4 Å². The number of ether oxygens (including phenoxy) is 1. The topological polar surface area (TPSA) is 75.2 Å². The highest BCUT2D eigenvalue weighted by molar-refractivity contribution is 6.30. The van der Waals surface area contributed by atoms with Crippen LogP contribution in [0.2, 0.25) is 5.02 Å². The number of nitrogens with zero attached hydrogens (tertiary/aromatic N) is 2. The molecule has 0 aliphatic carbocycles. The van der Waals surface area contributed by atoms with E-state index in [4.69, 9.17) is 21.6 Å². The highest BCUT2D eigenvalue weighted by Crippen LogP contribution is 2.28. The molecular weight excluding hydrogens is 268 g/mol. The van der Waals surface area contributed by atoms with Crippen LogP contribution in [0, 0.1) is 11.3 Å². The number of aromatic nitrogens is 1. The fraction of sp³-hybridized carbons (Fsp3) is 0.0769. The molecule has 1 heterocycles. The molecule has 0 spiro atoms. The molecule has 96 valence electrons. The second-order valence-corrected chi connectivity index (χ2v) is 4.12. The van der Waals surface area contributed by atoms with Gasteiger partial charge in [-0.15, -0.1) is 0 Å². The summed E-state index contributed by atoms with van der Waals surface area (Å²) in [6.45, 7) is 0. The van der Waals surface area contributed by atoms with Gasteiger partial charge in [0.15, 0.2) is 0 Å². The zero-order chi connectivity index (χ0) is 14.0. The largest absolute Gasteiger partial charge is 0.495 e. The molecule has 2 rings (SSSR count). The number of hydrogen-bond donors (Lipinski definition) is 1. The highest BCUT2D eigenvalue weighted by atomic mass is 35.5. The summed E-state index contributed by atoms with van der Waals surface area (Å²) in [5.74, 6) is -0.726. The summed E-state index contributed by atoms with van der Waals surface area (Å²) in [7, 11) is 1.47. The van der Waals surface area contributed by atoms with Crippen LogP contribution in [-0.2, 0) is 0 Å². The van der Waals surface area contributed by atoms with Crippen molar-refractivity contribution >= 4 is 17.6 Å². The van der Waals surface area contributed by atoms with E-state index >= 15 is 0 Å². The number of carboxylic acid groups (broad SMARTS) is 1. The molecule has 1 aromatic carbocycles. The van der Waals surface area contributed by atoms with E-state index in [1.807, 2.05) is 6.07 Å². The van der Waals surface area contributed by atoms with Crippen molar-refractivity contribution in [1.82, 2.24) is 4.57 Å². The Kier molecular flexibility index (Phi) is 3.45. The molecule has 0 aliphatic rings. The first-order valence-electron chi connectivity index (χ1n) is 5.27. The molecular formula is C13H9ClN2O3. The van der Waals surface area contributed by atoms with Crippen LogP contribution in [-0.4, -0.2) is 22.8 Å². The van der Waals surface area contributed by atoms with Crippen molar-refractivity contribution in [3.05, 3.63) is 46.7 Å². The molecule has 0 radical (unpaired) electrons. The third kappa shape index (κ3) is 2.26. The van der Waals surface area contributed by atoms with E-state index in [0.29, 0.717) is 16.5 Å². The molecule has 1 aromatic heterocycles. The maximum absolute atomic E-state index is 11.3. The number of halogens is 1. The molecule has 0 unspecified atom stereocenters. The van der Waals surface area contributed by atoms with Gasteiger partial charge in [-0.05, 0) is 24.3 Å². The minimum absolute atomic E-state index is 0.0783. The molecule has 0 saturated heterocycles. The van der Waals surface area contributed by atoms with Crippen molar-refractivity contribution < 1.29 is 14.6 Å². The molecule has 1 N–H and O–H groups in total. The molecule has 0 amide bonds. The average molecular weight is 277 g/mol. The Morgan fingerprint density at radius 2 is 2.21 bits per heavy atom. The zero-order valence-electron chi connectivity index (χ0n) is 9.92. The van der Waals surface area contributed by atoms with Crippen LogP contribution in [0.4, 0.5) is 0 Å². The Morgan fingerprint density at radius 3 is 2.79 bits per heavy atom. The van der Waals surface area contributed by atoms with Crippen LogP contribution in [0.1, 0.15) is 16.1 Å². The SMILES string of the molecule is COc1ccc(Cl)cc1-n1ccc(C#N)c1C(=O)O. The van der Waals surface area contributed by atoms with Gasteiger partial charge in [0.1, 0.15) is 17.5 Å². The van der Waals surface area contributed by atoms with Gasteiger partial charge in [-0.3, -0.25) is 0 Å². The third-order valence-electron chi connectivity index (χ3n) is 2.61. The Hall–Kier alpha value is -2.45. The number of nitriles is 1. The summed E-state index contributed by atoms with van der Waals surface area (Å²) in [4.78, 5) is 11.3. The summed E-state index contributed by atoms with van der Waals surface area (Å²) >= 11 is 5.91. The fourth-order valence-corrected chi connectivity index (χ4v) is 1.96. The summed E-state index contributed by atoms with van der Waals surface area (Å²) < 4.78 is 6.54. The lowest BCUT2D eigenvalue weighted by Gasteiger charge is -2.12. The predicted octanol–water partition coefficient (Wildman–Crippen LogP) is 2.71. The molecule has 0 atom stereocenters. The van der Waals surface area contributed by atoms with E-state index in [1.54, 1.807) is 18.2 Å². The summed E-state index contributed by atoms with van der Waals surface area (Å²) in [6, 6.07) is 8.13. The average Bonchev–Trinajstić information content (AvgIpc) is 2.82. The van der Waals surface area contributed by atoms with E-state index in [-0.39, 0.29) is 11.3 Å². The van der Waals surface area contributed by atoms with Crippen molar-refractivity contribution in [3.63, 3.8) is 0 Å². The third-order valence-corrected chi connectivity index (χ3v) is 2.84. The summed E-state index contributed by atoms with van der Waals surface area (Å²) in [5, 5.41) is 18.6. The van der Waals surface area contributed by atoms with E-state index in [9.17, 15) is 9.90 Å². The number of carboxylic acids is 1. The number of aromatic carboxylic acids is 1. The molecule has 0 aliphatic heterocycles. The van der Waals surface area contributed by atoms with Crippen LogP contribution in [0.25, 0.3) is 5.69 Å². The van der Waals surface area contributed by atoms with Crippen LogP contribution < -0.4 is 4.74 Å². The fourth-order valence-electron chi connectivity index (χ4n) is 1.79. The first-order valence-corrected chi connectivity index (χ1v) is 5.65. The molecule has 5 nitrogen and oxygen atoms in total. The van der Waals surface area contributed by atoms with Gasteiger partial charge in [0.25, 0.3) is 0 Å². The van der Waals surface area contributed by atoms with E-state index in [1.165, 1.54) is 23.9 Å². The minimum Gasteiger partial charge on any atom is -0.495 e. The van der Waals surface area contributed by atoms with Crippen LogP contribution >= 0.6 is 11.6 Å². The molecule has 0 fully saturated rings. The van der Waals surface area contributed by atoms with Gasteiger partial charge in [-0.2, -0.15) is 5.26 Å². The van der Waals surface area contributed by atoms with Gasteiger partial charge in [0.05, 0.1) is 18.4 Å². The van der Waals surface area contributed by atoms with Crippen molar-refractivity contribution in [2.45, 2.75) is 0 Å². The van der Waals surface area contributed by atoms with Crippen LogP contribution in [0.15, 0.2) is 30.5 Å². The number of rotatable bonds is 3. The molecule has 2 aromatic rings. The van der Waals surface area contributed by atoms with Gasteiger partial charge in [-0.1, -0.05) is 11.6 Å². The Balaban J connectivity index is 2.73. The summed E-state index contributed by atoms with van der Waals surface area (Å²) in [5.41, 5.74) is 0.423. The maximum atomic E-state index is 11.3. The number of hydrogen-bond acceptors (Lipinski definition) is 3. The van der Waals surface area contributed by atoms with Crippen molar-refractivity contribution in [3.8, 4) is 17.5 Å². The normalized spacial score (nSPS) is 9.95. The summed E-state index contributed by atoms with van der Waals surface area (Å²) in [6.07, 6.45) is 1.50. The van der Waals surface area contributed by atoms with Gasteiger partial charge in [0, 0.05) is 11.2 Å². The number of methoxy groups -OCH3 is 1. The molecule has 0 saturated carbocycles. The lowest BCUT2D eigenvalue weighted by Crippen LogP contribution is -2.08. The lowest BCUT2D eigenvalue weighted by molar-refractivity contribution is 0.0688. The monoisotopic (exact) mass is 276 g/mol. The van der Waals surface area contributed by atoms with E-state index < -0.39 is 5.97 Å². The zero-order valence-corrected chi connectivity index (χ0v) is 10.7. The standard InChI is InChI=1S/C13H9ClN2O3/c1-19-11-3-2-9(14)6-10(11)16-5-4-8(7-15)12(16)13(17)18/h2-6H,1H3,(H,17,18). The first-order chi connectivity index (χ1) is 9.08. The van der Waals surface area contributed by atoms with Crippen molar-refractivity contribution in [2.24, 2.45) is 0 Å². The molecule has 19 heavy (non-hydrogen) atoms. The molecule has 0 bridgehead atoms. The number of benzene rings is 1. The van der Waals surface area contributed by atoms with E-state index in [0.717, 1.165) is 0 Å².